The second-order valence-corrected chi connectivity index (χ2v) is 6.16. The largest absolute Gasteiger partial charge is 0.482 e. The summed E-state index contributed by atoms with van der Waals surface area (Å²) >= 11 is 0. The first-order valence-electron chi connectivity index (χ1n) is 8.04. The van der Waals surface area contributed by atoms with E-state index >= 15 is 0 Å². The summed E-state index contributed by atoms with van der Waals surface area (Å²) in [6.45, 7) is -0.452. The van der Waals surface area contributed by atoms with Gasteiger partial charge in [0.25, 0.3) is 0 Å². The minimum atomic E-state index is -1.08. The van der Waals surface area contributed by atoms with Crippen molar-refractivity contribution in [3.05, 3.63) is 59.7 Å². The Morgan fingerprint density at radius 2 is 1.77 bits per heavy atom. The molecule has 0 bridgehead atoms. The normalized spacial score (nSPS) is 18.3. The van der Waals surface area contributed by atoms with Gasteiger partial charge in [-0.2, -0.15) is 0 Å². The van der Waals surface area contributed by atoms with Crippen LogP contribution in [0.2, 0.25) is 0 Å². The molecule has 1 fully saturated rings. The quantitative estimate of drug-likeness (QED) is 0.858. The predicted octanol–water partition coefficient (Wildman–Crippen LogP) is 3.19. The van der Waals surface area contributed by atoms with Gasteiger partial charge in [0.2, 0.25) is 5.91 Å². The number of nitrogens with zero attached hydrogens (tertiary/aromatic N) is 1. The van der Waals surface area contributed by atoms with Crippen LogP contribution < -0.4 is 9.64 Å². The number of carboxylic acids is 1. The summed E-state index contributed by atoms with van der Waals surface area (Å²) in [5.41, 5.74) is 0.550. The molecule has 1 aliphatic rings. The van der Waals surface area contributed by atoms with E-state index in [2.05, 4.69) is 0 Å². The van der Waals surface area contributed by atoms with Crippen molar-refractivity contribution in [2.24, 2.45) is 5.92 Å². The third-order valence-corrected chi connectivity index (χ3v) is 4.40. The average molecular weight is 361 g/mol. The maximum absolute atomic E-state index is 13.9. The number of anilines is 1. The van der Waals surface area contributed by atoms with Gasteiger partial charge in [-0.15, -0.1) is 0 Å². The number of benzene rings is 2. The van der Waals surface area contributed by atoms with E-state index in [-0.39, 0.29) is 11.5 Å². The number of carbonyl (C=O) groups excluding carboxylic acids is 1. The van der Waals surface area contributed by atoms with Gasteiger partial charge in [0, 0.05) is 30.1 Å². The molecule has 0 spiro atoms. The molecule has 1 aliphatic carbocycles. The first kappa shape index (κ1) is 17.8. The van der Waals surface area contributed by atoms with Crippen molar-refractivity contribution in [2.45, 2.75) is 12.3 Å². The number of hydrogen-bond acceptors (Lipinski definition) is 3. The van der Waals surface area contributed by atoms with Crippen LogP contribution in [-0.2, 0) is 9.59 Å². The molecule has 0 radical (unpaired) electrons. The number of amides is 1. The van der Waals surface area contributed by atoms with Crippen molar-refractivity contribution >= 4 is 17.6 Å². The SMILES string of the molecule is CN(C(=O)C1CC1c1c(F)cccc1F)c1ccc(OCC(=O)O)cc1. The molecule has 0 aliphatic heterocycles. The highest BCUT2D eigenvalue weighted by molar-refractivity contribution is 5.97. The second kappa shape index (κ2) is 7.11. The van der Waals surface area contributed by atoms with E-state index in [0.29, 0.717) is 17.9 Å². The highest BCUT2D eigenvalue weighted by Crippen LogP contribution is 2.50. The Labute approximate surface area is 148 Å². The van der Waals surface area contributed by atoms with E-state index in [1.807, 2.05) is 0 Å². The molecule has 1 N–H and O–H groups in total. The van der Waals surface area contributed by atoms with Crippen LogP contribution in [0.4, 0.5) is 14.5 Å². The Balaban J connectivity index is 1.66. The summed E-state index contributed by atoms with van der Waals surface area (Å²) in [4.78, 5) is 24.5. The zero-order valence-electron chi connectivity index (χ0n) is 14.0. The molecule has 0 heterocycles. The van der Waals surface area contributed by atoms with Crippen molar-refractivity contribution in [3.63, 3.8) is 0 Å². The summed E-state index contributed by atoms with van der Waals surface area (Å²) in [5.74, 6) is -3.12. The van der Waals surface area contributed by atoms with E-state index in [1.165, 1.54) is 23.1 Å². The fourth-order valence-electron chi connectivity index (χ4n) is 2.94. The lowest BCUT2D eigenvalue weighted by atomic mass is 10.1. The van der Waals surface area contributed by atoms with E-state index < -0.39 is 36.0 Å². The van der Waals surface area contributed by atoms with Crippen molar-refractivity contribution in [1.29, 1.82) is 0 Å². The monoisotopic (exact) mass is 361 g/mol. The van der Waals surface area contributed by atoms with Gasteiger partial charge < -0.3 is 14.7 Å². The maximum Gasteiger partial charge on any atom is 0.341 e. The Morgan fingerprint density at radius 3 is 2.35 bits per heavy atom. The molecule has 2 aromatic carbocycles. The van der Waals surface area contributed by atoms with Crippen LogP contribution in [0.1, 0.15) is 17.9 Å². The van der Waals surface area contributed by atoms with Gasteiger partial charge in [0.1, 0.15) is 17.4 Å². The van der Waals surface area contributed by atoms with Crippen LogP contribution in [0.25, 0.3) is 0 Å². The molecule has 7 heteroatoms. The van der Waals surface area contributed by atoms with E-state index in [9.17, 15) is 18.4 Å². The lowest BCUT2D eigenvalue weighted by Crippen LogP contribution is -2.28. The molecular weight excluding hydrogens is 344 g/mol. The van der Waals surface area contributed by atoms with Gasteiger partial charge in [0.05, 0.1) is 0 Å². The third kappa shape index (κ3) is 3.66. The molecule has 0 aromatic heterocycles. The second-order valence-electron chi connectivity index (χ2n) is 6.16. The molecule has 2 atom stereocenters. The van der Waals surface area contributed by atoms with Gasteiger partial charge in [0.15, 0.2) is 6.61 Å². The highest BCUT2D eigenvalue weighted by atomic mass is 19.1. The molecule has 136 valence electrons. The Bertz CT molecular complexity index is 818. The Morgan fingerprint density at radius 1 is 1.15 bits per heavy atom. The molecule has 26 heavy (non-hydrogen) atoms. The molecule has 5 nitrogen and oxygen atoms in total. The van der Waals surface area contributed by atoms with E-state index in [4.69, 9.17) is 9.84 Å². The number of rotatable bonds is 6. The first-order valence-corrected chi connectivity index (χ1v) is 8.04. The Hall–Kier alpha value is -2.96. The number of halogens is 2. The fraction of sp³-hybridized carbons (Fsp3) is 0.263. The summed E-state index contributed by atoms with van der Waals surface area (Å²) in [6, 6.07) is 10.0. The smallest absolute Gasteiger partial charge is 0.341 e. The van der Waals surface area contributed by atoms with Crippen LogP contribution in [0, 0.1) is 17.6 Å². The minimum Gasteiger partial charge on any atom is -0.482 e. The third-order valence-electron chi connectivity index (χ3n) is 4.40. The summed E-state index contributed by atoms with van der Waals surface area (Å²) in [5, 5.41) is 8.58. The van der Waals surface area contributed by atoms with Crippen molar-refractivity contribution < 1.29 is 28.2 Å². The topological polar surface area (TPSA) is 66.8 Å². The molecular formula is C19H17F2NO4. The average Bonchev–Trinajstić information content (AvgIpc) is 3.39. The van der Waals surface area contributed by atoms with Gasteiger partial charge in [-0.25, -0.2) is 13.6 Å². The molecule has 2 unspecified atom stereocenters. The van der Waals surface area contributed by atoms with Gasteiger partial charge in [-0.1, -0.05) is 6.07 Å². The Kier molecular flexibility index (Phi) is 4.88. The van der Waals surface area contributed by atoms with Crippen LogP contribution in [0.15, 0.2) is 42.5 Å². The standard InChI is InChI=1S/C19H17F2NO4/c1-22(11-5-7-12(8-6-11)26-10-17(23)24)19(25)14-9-13(14)18-15(20)3-2-4-16(18)21/h2-8,13-14H,9-10H2,1H3,(H,23,24). The van der Waals surface area contributed by atoms with Gasteiger partial charge in [-0.3, -0.25) is 4.79 Å². The van der Waals surface area contributed by atoms with Gasteiger partial charge in [-0.05, 0) is 42.8 Å². The lowest BCUT2D eigenvalue weighted by molar-refractivity contribution is -0.139. The van der Waals surface area contributed by atoms with Crippen LogP contribution >= 0.6 is 0 Å². The van der Waals surface area contributed by atoms with Crippen LogP contribution in [0.3, 0.4) is 0 Å². The van der Waals surface area contributed by atoms with Crippen LogP contribution in [0.5, 0.6) is 5.75 Å². The van der Waals surface area contributed by atoms with E-state index in [0.717, 1.165) is 0 Å². The zero-order valence-corrected chi connectivity index (χ0v) is 14.0. The zero-order chi connectivity index (χ0) is 18.8. The first-order chi connectivity index (χ1) is 12.4. The van der Waals surface area contributed by atoms with E-state index in [1.54, 1.807) is 31.3 Å². The molecule has 0 saturated heterocycles. The predicted molar refractivity (Wildman–Crippen MR) is 90.2 cm³/mol. The minimum absolute atomic E-state index is 0.0309. The number of carbonyl (C=O) groups is 2. The molecule has 3 rings (SSSR count). The summed E-state index contributed by atoms with van der Waals surface area (Å²) in [7, 11) is 1.59. The summed E-state index contributed by atoms with van der Waals surface area (Å²) in [6.07, 6.45) is 0.404. The fourth-order valence-corrected chi connectivity index (χ4v) is 2.94. The molecule has 1 saturated carbocycles. The number of aliphatic carboxylic acids is 1. The lowest BCUT2D eigenvalue weighted by Gasteiger charge is -2.18. The maximum atomic E-state index is 13.9. The number of hydrogen-bond donors (Lipinski definition) is 1. The summed E-state index contributed by atoms with van der Waals surface area (Å²) < 4.78 is 32.7. The van der Waals surface area contributed by atoms with Crippen molar-refractivity contribution in [2.75, 3.05) is 18.6 Å². The van der Waals surface area contributed by atoms with Crippen molar-refractivity contribution in [1.82, 2.24) is 0 Å². The number of carboxylic acid groups (broad SMARTS) is 1. The van der Waals surface area contributed by atoms with Crippen molar-refractivity contribution in [3.8, 4) is 5.75 Å². The molecule has 2 aromatic rings. The molecule has 1 amide bonds. The van der Waals surface area contributed by atoms with Crippen LogP contribution in [-0.4, -0.2) is 30.6 Å². The highest BCUT2D eigenvalue weighted by Gasteiger charge is 2.47. The van der Waals surface area contributed by atoms with Gasteiger partial charge >= 0.3 is 5.97 Å². The number of ether oxygens (including phenoxy) is 1.